The van der Waals surface area contributed by atoms with Crippen molar-refractivity contribution in [2.24, 2.45) is 0 Å². The maximum Gasteiger partial charge on any atom is 0.265 e. The summed E-state index contributed by atoms with van der Waals surface area (Å²) in [6, 6.07) is 4.46. The number of hydrogen-bond acceptors (Lipinski definition) is 7. The molecule has 0 spiro atoms. The molecular weight excluding hydrogens is 404 g/mol. The molecule has 10 heteroatoms. The van der Waals surface area contributed by atoms with Gasteiger partial charge in [0.1, 0.15) is 5.75 Å². The molecule has 28 heavy (non-hydrogen) atoms. The average Bonchev–Trinajstić information content (AvgIpc) is 2.73. The largest absolute Gasteiger partial charge is 0.495 e. The van der Waals surface area contributed by atoms with Crippen molar-refractivity contribution in [1.82, 2.24) is 9.97 Å². The van der Waals surface area contributed by atoms with Crippen molar-refractivity contribution in [3.05, 3.63) is 35.0 Å². The van der Waals surface area contributed by atoms with Crippen LogP contribution in [0.1, 0.15) is 12.0 Å². The Labute approximate surface area is 169 Å². The minimum atomic E-state index is -3.81. The van der Waals surface area contributed by atoms with Crippen molar-refractivity contribution in [2.75, 3.05) is 49.2 Å². The summed E-state index contributed by atoms with van der Waals surface area (Å²) in [4.78, 5) is 11.2. The molecule has 0 unspecified atom stereocenters. The lowest BCUT2D eigenvalue weighted by Crippen LogP contribution is -2.39. The summed E-state index contributed by atoms with van der Waals surface area (Å²) >= 11 is 6.15. The van der Waals surface area contributed by atoms with Gasteiger partial charge >= 0.3 is 0 Å². The molecule has 3 heterocycles. The van der Waals surface area contributed by atoms with E-state index >= 15 is 0 Å². The third-order valence-corrected chi connectivity index (χ3v) is 6.96. The van der Waals surface area contributed by atoms with Crippen molar-refractivity contribution >= 4 is 33.4 Å². The Bertz CT molecular complexity index is 980. The summed E-state index contributed by atoms with van der Waals surface area (Å²) in [7, 11) is -2.32. The van der Waals surface area contributed by atoms with E-state index < -0.39 is 10.0 Å². The zero-order valence-electron chi connectivity index (χ0n) is 15.5. The third kappa shape index (κ3) is 3.49. The van der Waals surface area contributed by atoms with Gasteiger partial charge in [0, 0.05) is 31.4 Å². The van der Waals surface area contributed by atoms with E-state index in [0.29, 0.717) is 56.8 Å². The first kappa shape index (κ1) is 19.2. The molecule has 0 aliphatic carbocycles. The highest BCUT2D eigenvalue weighted by molar-refractivity contribution is 7.92. The molecule has 4 rings (SSSR count). The van der Waals surface area contributed by atoms with Crippen LogP contribution in [0.5, 0.6) is 5.75 Å². The molecule has 0 amide bonds. The number of fused-ring (bicyclic) bond motifs is 1. The predicted molar refractivity (Wildman–Crippen MR) is 106 cm³/mol. The van der Waals surface area contributed by atoms with E-state index in [0.717, 1.165) is 12.0 Å². The average molecular weight is 425 g/mol. The van der Waals surface area contributed by atoms with Crippen LogP contribution in [0.25, 0.3) is 0 Å². The SMILES string of the molecule is COc1ccc(S(=O)(=O)N2CCCc3cnc(N4CCOCC4)nc32)cc1Cl. The number of hydrogen-bond donors (Lipinski definition) is 0. The van der Waals surface area contributed by atoms with Crippen LogP contribution in [0, 0.1) is 0 Å². The molecule has 0 bridgehead atoms. The number of morpholine rings is 1. The fourth-order valence-corrected chi connectivity index (χ4v) is 5.22. The molecule has 2 aromatic rings. The van der Waals surface area contributed by atoms with Crippen molar-refractivity contribution < 1.29 is 17.9 Å². The zero-order chi connectivity index (χ0) is 19.7. The molecule has 1 saturated heterocycles. The second-order valence-corrected chi connectivity index (χ2v) is 8.86. The highest BCUT2D eigenvalue weighted by atomic mass is 35.5. The van der Waals surface area contributed by atoms with Gasteiger partial charge in [-0.25, -0.2) is 17.7 Å². The lowest BCUT2D eigenvalue weighted by atomic mass is 10.1. The number of methoxy groups -OCH3 is 1. The van der Waals surface area contributed by atoms with E-state index in [2.05, 4.69) is 9.97 Å². The van der Waals surface area contributed by atoms with Crippen LogP contribution >= 0.6 is 11.6 Å². The molecule has 1 aromatic carbocycles. The van der Waals surface area contributed by atoms with E-state index in [1.54, 1.807) is 12.3 Å². The molecule has 0 atom stereocenters. The number of ether oxygens (including phenoxy) is 2. The number of nitrogens with zero attached hydrogens (tertiary/aromatic N) is 4. The number of anilines is 2. The highest BCUT2D eigenvalue weighted by Gasteiger charge is 2.32. The Hall–Kier alpha value is -2.10. The second kappa shape index (κ2) is 7.73. The number of aromatic nitrogens is 2. The van der Waals surface area contributed by atoms with E-state index in [9.17, 15) is 8.42 Å². The van der Waals surface area contributed by atoms with Crippen molar-refractivity contribution in [2.45, 2.75) is 17.7 Å². The van der Waals surface area contributed by atoms with Gasteiger partial charge in [-0.3, -0.25) is 0 Å². The van der Waals surface area contributed by atoms with Crippen molar-refractivity contribution in [3.63, 3.8) is 0 Å². The first-order chi connectivity index (χ1) is 13.5. The molecule has 2 aliphatic heterocycles. The van der Waals surface area contributed by atoms with Crippen molar-refractivity contribution in [3.8, 4) is 5.75 Å². The van der Waals surface area contributed by atoms with Gasteiger partial charge in [-0.2, -0.15) is 4.98 Å². The molecule has 150 valence electrons. The van der Waals surface area contributed by atoms with Crippen molar-refractivity contribution in [1.29, 1.82) is 0 Å². The highest BCUT2D eigenvalue weighted by Crippen LogP contribution is 2.34. The zero-order valence-corrected chi connectivity index (χ0v) is 17.0. The van der Waals surface area contributed by atoms with Crippen LogP contribution in [-0.4, -0.2) is 58.3 Å². The Kier molecular flexibility index (Phi) is 5.31. The molecule has 2 aliphatic rings. The summed E-state index contributed by atoms with van der Waals surface area (Å²) < 4.78 is 38.5. The first-order valence-corrected chi connectivity index (χ1v) is 10.9. The van der Waals surface area contributed by atoms with E-state index in [1.807, 2.05) is 4.90 Å². The number of aryl methyl sites for hydroxylation is 1. The molecule has 1 aromatic heterocycles. The van der Waals surface area contributed by atoms with Crippen LogP contribution in [0.15, 0.2) is 29.3 Å². The topological polar surface area (TPSA) is 84.9 Å². The molecule has 1 fully saturated rings. The summed E-state index contributed by atoms with van der Waals surface area (Å²) in [6.45, 7) is 2.93. The minimum absolute atomic E-state index is 0.109. The minimum Gasteiger partial charge on any atom is -0.495 e. The second-order valence-electron chi connectivity index (χ2n) is 6.60. The van der Waals surface area contributed by atoms with Gasteiger partial charge in [0.25, 0.3) is 10.0 Å². The Balaban J connectivity index is 1.72. The summed E-state index contributed by atoms with van der Waals surface area (Å²) in [5.41, 5.74) is 0.825. The van der Waals surface area contributed by atoms with Crippen LogP contribution in [0.3, 0.4) is 0 Å². The number of rotatable bonds is 4. The predicted octanol–water partition coefficient (Wildman–Crippen LogP) is 2.12. The normalized spacial score (nSPS) is 17.4. The Morgan fingerprint density at radius 3 is 2.71 bits per heavy atom. The standard InChI is InChI=1S/C18H21ClN4O4S/c1-26-16-5-4-14(11-15(16)19)28(24,25)23-6-2-3-13-12-20-18(21-17(13)23)22-7-9-27-10-8-22/h4-5,11-12H,2-3,6-10H2,1H3. The van der Waals surface area contributed by atoms with Crippen LogP contribution < -0.4 is 13.9 Å². The fourth-order valence-electron chi connectivity index (χ4n) is 3.38. The maximum atomic E-state index is 13.3. The third-order valence-electron chi connectivity index (χ3n) is 4.88. The Morgan fingerprint density at radius 2 is 2.00 bits per heavy atom. The van der Waals surface area contributed by atoms with Crippen LogP contribution in [-0.2, 0) is 21.2 Å². The molecule has 0 N–H and O–H groups in total. The molecule has 8 nitrogen and oxygen atoms in total. The smallest absolute Gasteiger partial charge is 0.265 e. The Morgan fingerprint density at radius 1 is 1.21 bits per heavy atom. The first-order valence-electron chi connectivity index (χ1n) is 9.05. The van der Waals surface area contributed by atoms with Crippen LogP contribution in [0.2, 0.25) is 5.02 Å². The summed E-state index contributed by atoms with van der Waals surface area (Å²) in [5.74, 6) is 1.39. The lowest BCUT2D eigenvalue weighted by molar-refractivity contribution is 0.122. The van der Waals surface area contributed by atoms with E-state index in [1.165, 1.54) is 23.5 Å². The van der Waals surface area contributed by atoms with E-state index in [-0.39, 0.29) is 9.92 Å². The molecular formula is C18H21ClN4O4S. The van der Waals surface area contributed by atoms with Gasteiger partial charge in [-0.1, -0.05) is 11.6 Å². The van der Waals surface area contributed by atoms with Gasteiger partial charge < -0.3 is 14.4 Å². The molecule has 0 radical (unpaired) electrons. The quantitative estimate of drug-likeness (QED) is 0.743. The van der Waals surface area contributed by atoms with Gasteiger partial charge in [-0.05, 0) is 31.0 Å². The van der Waals surface area contributed by atoms with Gasteiger partial charge in [0.15, 0.2) is 5.82 Å². The van der Waals surface area contributed by atoms with Gasteiger partial charge in [0.2, 0.25) is 5.95 Å². The van der Waals surface area contributed by atoms with Gasteiger partial charge in [-0.15, -0.1) is 0 Å². The molecule has 0 saturated carbocycles. The van der Waals surface area contributed by atoms with Crippen LogP contribution in [0.4, 0.5) is 11.8 Å². The van der Waals surface area contributed by atoms with Gasteiger partial charge in [0.05, 0.1) is 30.2 Å². The summed E-state index contributed by atoms with van der Waals surface area (Å²) in [6.07, 6.45) is 3.18. The number of benzene rings is 1. The number of sulfonamides is 1. The van der Waals surface area contributed by atoms with E-state index in [4.69, 9.17) is 21.1 Å². The summed E-state index contributed by atoms with van der Waals surface area (Å²) in [5, 5.41) is 0.248. The lowest BCUT2D eigenvalue weighted by Gasteiger charge is -2.32. The number of halogens is 1. The fraction of sp³-hybridized carbons (Fsp3) is 0.444. The maximum absolute atomic E-state index is 13.3. The monoisotopic (exact) mass is 424 g/mol.